The summed E-state index contributed by atoms with van der Waals surface area (Å²) in [6, 6.07) is 46.7. The van der Waals surface area contributed by atoms with Gasteiger partial charge in [-0.3, -0.25) is 9.62 Å². The van der Waals surface area contributed by atoms with Crippen LogP contribution in [0.5, 0.6) is 0 Å². The second-order valence-electron chi connectivity index (χ2n) is 12.0. The molecule has 0 spiro atoms. The summed E-state index contributed by atoms with van der Waals surface area (Å²) in [5, 5.41) is 12.2. The normalized spacial score (nSPS) is 18.7. The number of hydrogen-bond acceptors (Lipinski definition) is 6. The second kappa shape index (κ2) is 11.8. The molecule has 2 atom stereocenters. The maximum atomic E-state index is 5.36. The average molecular weight is 638 g/mol. The molecule has 0 fully saturated rings. The first-order chi connectivity index (χ1) is 23.7. The molecule has 6 heteroatoms. The first kappa shape index (κ1) is 28.5. The minimum atomic E-state index is -0.297. The van der Waals surface area contributed by atoms with Crippen LogP contribution in [-0.4, -0.2) is 16.0 Å². The third-order valence-corrected chi connectivity index (χ3v) is 10.2. The number of nitrogens with one attached hydrogen (secondary N) is 2. The molecule has 0 saturated carbocycles. The van der Waals surface area contributed by atoms with Gasteiger partial charge in [0.15, 0.2) is 0 Å². The van der Waals surface area contributed by atoms with E-state index in [0.717, 1.165) is 50.1 Å². The Hall–Kier alpha value is -5.69. The SMILES string of the molecule is C=C1N=C2C=CC(c3c4ccccc4c(C4N=C(c5ccccc5)NC(c5ccccc5)N4)c4ccccc34)=CN2Sc2ccccc21. The number of benzene rings is 6. The number of hydrogen-bond donors (Lipinski definition) is 2. The molecular formula is C42H31N5S. The summed E-state index contributed by atoms with van der Waals surface area (Å²) in [5.41, 5.74) is 7.53. The molecular weight excluding hydrogens is 607 g/mol. The summed E-state index contributed by atoms with van der Waals surface area (Å²) in [6.45, 7) is 4.27. The van der Waals surface area contributed by atoms with Crippen molar-refractivity contribution in [1.82, 2.24) is 14.9 Å². The molecule has 3 aliphatic rings. The number of amidine groups is 2. The fourth-order valence-corrected chi connectivity index (χ4v) is 7.90. The molecule has 0 amide bonds. The van der Waals surface area contributed by atoms with Crippen molar-refractivity contribution in [2.45, 2.75) is 17.2 Å². The zero-order chi connectivity index (χ0) is 32.0. The highest BCUT2D eigenvalue weighted by Crippen LogP contribution is 2.44. The van der Waals surface area contributed by atoms with Crippen molar-refractivity contribution in [3.05, 3.63) is 186 Å². The van der Waals surface area contributed by atoms with E-state index in [9.17, 15) is 0 Å². The molecule has 2 unspecified atom stereocenters. The first-order valence-electron chi connectivity index (χ1n) is 16.1. The van der Waals surface area contributed by atoms with Crippen molar-refractivity contribution in [1.29, 1.82) is 0 Å². The van der Waals surface area contributed by atoms with Crippen molar-refractivity contribution in [3.8, 4) is 0 Å². The van der Waals surface area contributed by atoms with Crippen LogP contribution in [-0.2, 0) is 0 Å². The van der Waals surface area contributed by atoms with Crippen LogP contribution in [0.15, 0.2) is 173 Å². The molecule has 3 aliphatic heterocycles. The summed E-state index contributed by atoms with van der Waals surface area (Å²) >= 11 is 1.68. The molecule has 3 heterocycles. The number of rotatable bonds is 4. The highest BCUT2D eigenvalue weighted by molar-refractivity contribution is 7.97. The molecule has 230 valence electrons. The van der Waals surface area contributed by atoms with Crippen molar-refractivity contribution in [2.24, 2.45) is 9.98 Å². The molecule has 0 aromatic heterocycles. The van der Waals surface area contributed by atoms with E-state index in [1.807, 2.05) is 12.1 Å². The van der Waals surface area contributed by atoms with Crippen molar-refractivity contribution in [2.75, 3.05) is 0 Å². The summed E-state index contributed by atoms with van der Waals surface area (Å²) in [6.07, 6.45) is 6.08. The maximum absolute atomic E-state index is 5.36. The summed E-state index contributed by atoms with van der Waals surface area (Å²) in [7, 11) is 0. The van der Waals surface area contributed by atoms with Crippen LogP contribution in [0.25, 0.3) is 32.8 Å². The van der Waals surface area contributed by atoms with Gasteiger partial charge in [-0.05, 0) is 62.8 Å². The van der Waals surface area contributed by atoms with E-state index in [2.05, 4.69) is 161 Å². The fraction of sp³-hybridized carbons (Fsp3) is 0.0476. The second-order valence-corrected chi connectivity index (χ2v) is 13.0. The molecule has 0 radical (unpaired) electrons. The maximum Gasteiger partial charge on any atom is 0.143 e. The molecule has 2 N–H and O–H groups in total. The van der Waals surface area contributed by atoms with Gasteiger partial charge in [0.05, 0.1) is 5.70 Å². The van der Waals surface area contributed by atoms with Crippen molar-refractivity contribution >= 4 is 56.4 Å². The summed E-state index contributed by atoms with van der Waals surface area (Å²) < 4.78 is 2.17. The van der Waals surface area contributed by atoms with Gasteiger partial charge < -0.3 is 5.32 Å². The molecule has 9 rings (SSSR count). The molecule has 0 bridgehead atoms. The van der Waals surface area contributed by atoms with Gasteiger partial charge in [-0.2, -0.15) is 0 Å². The van der Waals surface area contributed by atoms with Crippen LogP contribution in [0, 0.1) is 0 Å². The Morgan fingerprint density at radius 2 is 1.29 bits per heavy atom. The molecule has 0 aliphatic carbocycles. The lowest BCUT2D eigenvalue weighted by Gasteiger charge is -2.33. The fourth-order valence-electron chi connectivity index (χ4n) is 6.90. The Kier molecular flexibility index (Phi) is 7.03. The van der Waals surface area contributed by atoms with E-state index < -0.39 is 0 Å². The van der Waals surface area contributed by atoms with Gasteiger partial charge in [-0.25, -0.2) is 9.98 Å². The number of allylic oxidation sites excluding steroid dienone is 2. The topological polar surface area (TPSA) is 52.0 Å². The molecule has 6 aromatic rings. The van der Waals surface area contributed by atoms with E-state index in [-0.39, 0.29) is 12.3 Å². The predicted octanol–water partition coefficient (Wildman–Crippen LogP) is 9.63. The Bertz CT molecular complexity index is 2300. The van der Waals surface area contributed by atoms with Crippen LogP contribution in [0.4, 0.5) is 0 Å². The summed E-state index contributed by atoms with van der Waals surface area (Å²) in [5.74, 6) is 1.74. The van der Waals surface area contributed by atoms with Crippen LogP contribution in [0.1, 0.15) is 40.1 Å². The third kappa shape index (κ3) is 4.94. The number of nitrogens with zero attached hydrogens (tertiary/aromatic N) is 3. The number of fused-ring (bicyclic) bond motifs is 4. The largest absolute Gasteiger partial charge is 0.350 e. The highest BCUT2D eigenvalue weighted by Gasteiger charge is 2.30. The minimum Gasteiger partial charge on any atom is -0.350 e. The van der Waals surface area contributed by atoms with Crippen LogP contribution in [0.2, 0.25) is 0 Å². The predicted molar refractivity (Wildman–Crippen MR) is 200 cm³/mol. The van der Waals surface area contributed by atoms with Gasteiger partial charge in [0, 0.05) is 33.4 Å². The van der Waals surface area contributed by atoms with Gasteiger partial charge in [0.25, 0.3) is 0 Å². The Morgan fingerprint density at radius 1 is 0.667 bits per heavy atom. The summed E-state index contributed by atoms with van der Waals surface area (Å²) in [4.78, 5) is 11.4. The number of aliphatic imine (C=N–C) groups is 2. The Balaban J connectivity index is 1.23. The lowest BCUT2D eigenvalue weighted by atomic mass is 9.86. The van der Waals surface area contributed by atoms with E-state index in [1.165, 1.54) is 27.1 Å². The quantitative estimate of drug-likeness (QED) is 0.149. The monoisotopic (exact) mass is 637 g/mol. The molecule has 5 nitrogen and oxygen atoms in total. The van der Waals surface area contributed by atoms with Gasteiger partial charge in [0.1, 0.15) is 24.0 Å². The Morgan fingerprint density at radius 3 is 2.02 bits per heavy atom. The van der Waals surface area contributed by atoms with Gasteiger partial charge >= 0.3 is 0 Å². The molecule has 6 aromatic carbocycles. The standard InChI is InChI=1S/C42H31N5S/c1-27-31-18-12-13-23-36(31)48-47-26-30(24-25-37(47)43-27)38-32-19-8-10-21-34(32)39(35-22-11-9-20-33(35)38)42-45-40(28-14-4-2-5-15-28)44-41(46-42)29-16-6-3-7-17-29/h2-26,40,42,45H,1H2,(H,44,46). The highest BCUT2D eigenvalue weighted by atomic mass is 32.2. The van der Waals surface area contributed by atoms with E-state index in [1.54, 1.807) is 11.9 Å². The molecule has 0 saturated heterocycles. The van der Waals surface area contributed by atoms with Gasteiger partial charge in [0.2, 0.25) is 0 Å². The van der Waals surface area contributed by atoms with Crippen LogP contribution in [0.3, 0.4) is 0 Å². The van der Waals surface area contributed by atoms with Crippen LogP contribution < -0.4 is 10.6 Å². The first-order valence-corrected chi connectivity index (χ1v) is 16.9. The van der Waals surface area contributed by atoms with E-state index >= 15 is 0 Å². The van der Waals surface area contributed by atoms with Crippen LogP contribution >= 0.6 is 11.9 Å². The van der Waals surface area contributed by atoms with Gasteiger partial charge in [-0.1, -0.05) is 134 Å². The smallest absolute Gasteiger partial charge is 0.143 e. The van der Waals surface area contributed by atoms with Gasteiger partial charge in [-0.15, -0.1) is 0 Å². The lowest BCUT2D eigenvalue weighted by molar-refractivity contribution is 0.412. The molecule has 48 heavy (non-hydrogen) atoms. The van der Waals surface area contributed by atoms with Crippen molar-refractivity contribution < 1.29 is 0 Å². The van der Waals surface area contributed by atoms with Crippen molar-refractivity contribution in [3.63, 3.8) is 0 Å². The Labute approximate surface area is 283 Å². The zero-order valence-electron chi connectivity index (χ0n) is 26.0. The van der Waals surface area contributed by atoms with E-state index in [0.29, 0.717) is 0 Å². The minimum absolute atomic E-state index is 0.125. The lowest BCUT2D eigenvalue weighted by Crippen LogP contribution is -2.45. The van der Waals surface area contributed by atoms with E-state index in [4.69, 9.17) is 9.98 Å². The third-order valence-electron chi connectivity index (χ3n) is 9.12. The average Bonchev–Trinajstić information content (AvgIpc) is 3.29. The zero-order valence-corrected chi connectivity index (χ0v) is 26.9.